The summed E-state index contributed by atoms with van der Waals surface area (Å²) < 4.78 is 10.6. The Hall–Kier alpha value is -2.37. The van der Waals surface area contributed by atoms with Crippen molar-refractivity contribution in [3.05, 3.63) is 41.3 Å². The number of piperidine rings is 1. The number of rotatable bonds is 6. The van der Waals surface area contributed by atoms with Crippen LogP contribution in [0.25, 0.3) is 0 Å². The summed E-state index contributed by atoms with van der Waals surface area (Å²) in [5.74, 6) is 0.837. The number of hydrogen-bond acceptors (Lipinski definition) is 5. The van der Waals surface area contributed by atoms with E-state index in [0.717, 1.165) is 25.8 Å². The lowest BCUT2D eigenvalue weighted by Gasteiger charge is -2.34. The van der Waals surface area contributed by atoms with E-state index in [9.17, 15) is 4.79 Å². The minimum Gasteiger partial charge on any atom is -0.462 e. The predicted molar refractivity (Wildman–Crippen MR) is 89.0 cm³/mol. The third-order valence-electron chi connectivity index (χ3n) is 4.53. The van der Waals surface area contributed by atoms with Crippen molar-refractivity contribution in [3.8, 4) is 6.01 Å². The van der Waals surface area contributed by atoms with Gasteiger partial charge in [-0.25, -0.2) is 0 Å². The van der Waals surface area contributed by atoms with E-state index in [-0.39, 0.29) is 17.8 Å². The fourth-order valence-electron chi connectivity index (χ4n) is 3.24. The van der Waals surface area contributed by atoms with E-state index in [2.05, 4.69) is 41.3 Å². The van der Waals surface area contributed by atoms with Crippen molar-refractivity contribution in [2.75, 3.05) is 19.7 Å². The van der Waals surface area contributed by atoms with E-state index in [0.29, 0.717) is 19.0 Å². The number of benzene rings is 1. The standard InChI is InChI=1S/C18H23N3O3/c1-3-13-5-7-14(8-6-13)15-9-16(11-21(10-15)12-22)17-19-18(20-24-17)23-4-2/h5-8,12,15-16H,3-4,9-11H2,1-2H3. The third kappa shape index (κ3) is 3.58. The Kier molecular flexibility index (Phi) is 5.13. The molecule has 0 bridgehead atoms. The van der Waals surface area contributed by atoms with Crippen molar-refractivity contribution in [1.29, 1.82) is 0 Å². The lowest BCUT2D eigenvalue weighted by Crippen LogP contribution is -2.37. The molecular formula is C18H23N3O3. The van der Waals surface area contributed by atoms with Crippen molar-refractivity contribution in [1.82, 2.24) is 15.0 Å². The second-order valence-corrected chi connectivity index (χ2v) is 6.13. The fraction of sp³-hybridized carbons (Fsp3) is 0.500. The molecule has 6 heteroatoms. The Morgan fingerprint density at radius 2 is 2.00 bits per heavy atom. The van der Waals surface area contributed by atoms with Crippen LogP contribution in [0.3, 0.4) is 0 Å². The predicted octanol–water partition coefficient (Wildman–Crippen LogP) is 2.76. The molecule has 1 amide bonds. The van der Waals surface area contributed by atoms with Crippen LogP contribution in [0, 0.1) is 0 Å². The molecule has 0 N–H and O–H groups in total. The zero-order chi connectivity index (χ0) is 16.9. The minimum absolute atomic E-state index is 0.0292. The molecule has 2 aromatic rings. The largest absolute Gasteiger partial charge is 0.462 e. The molecular weight excluding hydrogens is 306 g/mol. The molecule has 1 aromatic carbocycles. The number of amides is 1. The van der Waals surface area contributed by atoms with E-state index in [1.54, 1.807) is 4.90 Å². The molecule has 1 aromatic heterocycles. The van der Waals surface area contributed by atoms with Gasteiger partial charge in [-0.2, -0.15) is 4.98 Å². The highest BCUT2D eigenvalue weighted by molar-refractivity contribution is 5.48. The summed E-state index contributed by atoms with van der Waals surface area (Å²) in [5.41, 5.74) is 2.56. The van der Waals surface area contributed by atoms with Gasteiger partial charge in [-0.1, -0.05) is 31.2 Å². The van der Waals surface area contributed by atoms with Gasteiger partial charge in [0.15, 0.2) is 0 Å². The molecule has 24 heavy (non-hydrogen) atoms. The monoisotopic (exact) mass is 329 g/mol. The van der Waals surface area contributed by atoms with Crippen molar-refractivity contribution in [2.45, 2.75) is 38.5 Å². The number of nitrogens with zero attached hydrogens (tertiary/aromatic N) is 3. The zero-order valence-corrected chi connectivity index (χ0v) is 14.1. The lowest BCUT2D eigenvalue weighted by molar-refractivity contribution is -0.119. The maximum atomic E-state index is 11.4. The normalized spacial score (nSPS) is 20.8. The highest BCUT2D eigenvalue weighted by Crippen LogP contribution is 2.35. The fourth-order valence-corrected chi connectivity index (χ4v) is 3.24. The molecule has 1 aliphatic rings. The van der Waals surface area contributed by atoms with E-state index >= 15 is 0 Å². The van der Waals surface area contributed by atoms with E-state index in [1.807, 2.05) is 6.92 Å². The van der Waals surface area contributed by atoms with E-state index in [1.165, 1.54) is 11.1 Å². The molecule has 1 fully saturated rings. The molecule has 2 heterocycles. The van der Waals surface area contributed by atoms with Crippen molar-refractivity contribution in [3.63, 3.8) is 0 Å². The van der Waals surface area contributed by atoms with Crippen molar-refractivity contribution in [2.24, 2.45) is 0 Å². The number of carbonyl (C=O) groups is 1. The molecule has 1 saturated heterocycles. The molecule has 0 radical (unpaired) electrons. The quantitative estimate of drug-likeness (QED) is 0.762. The maximum Gasteiger partial charge on any atom is 0.354 e. The molecule has 0 saturated carbocycles. The summed E-state index contributed by atoms with van der Waals surface area (Å²) >= 11 is 0. The van der Waals surface area contributed by atoms with E-state index in [4.69, 9.17) is 9.26 Å². The maximum absolute atomic E-state index is 11.4. The Labute approximate surface area is 141 Å². The highest BCUT2D eigenvalue weighted by Gasteiger charge is 2.32. The first-order valence-electron chi connectivity index (χ1n) is 8.48. The summed E-state index contributed by atoms with van der Waals surface area (Å²) in [5, 5.41) is 3.84. The summed E-state index contributed by atoms with van der Waals surface area (Å²) in [6, 6.07) is 8.90. The number of ether oxygens (including phenoxy) is 1. The molecule has 0 spiro atoms. The van der Waals surface area contributed by atoms with Crippen LogP contribution >= 0.6 is 0 Å². The van der Waals surface area contributed by atoms with Crippen LogP contribution in [-0.2, 0) is 11.2 Å². The summed E-state index contributed by atoms with van der Waals surface area (Å²) in [7, 11) is 0. The van der Waals surface area contributed by atoms with Crippen LogP contribution in [0.15, 0.2) is 28.8 Å². The van der Waals surface area contributed by atoms with Gasteiger partial charge >= 0.3 is 6.01 Å². The second-order valence-electron chi connectivity index (χ2n) is 6.13. The molecule has 6 nitrogen and oxygen atoms in total. The Bertz CT molecular complexity index is 668. The van der Waals surface area contributed by atoms with Gasteiger partial charge in [0.05, 0.1) is 12.5 Å². The first-order chi connectivity index (χ1) is 11.7. The van der Waals surface area contributed by atoms with Gasteiger partial charge in [0.1, 0.15) is 0 Å². The summed E-state index contributed by atoms with van der Waals surface area (Å²) in [6.07, 6.45) is 2.80. The van der Waals surface area contributed by atoms with Crippen molar-refractivity contribution >= 4 is 6.41 Å². The van der Waals surface area contributed by atoms with Gasteiger partial charge in [-0.05, 0) is 36.0 Å². The van der Waals surface area contributed by atoms with Crippen LogP contribution in [0.2, 0.25) is 0 Å². The van der Waals surface area contributed by atoms with Crippen LogP contribution in [0.1, 0.15) is 49.1 Å². The third-order valence-corrected chi connectivity index (χ3v) is 4.53. The van der Waals surface area contributed by atoms with E-state index < -0.39 is 0 Å². The van der Waals surface area contributed by atoms with Crippen molar-refractivity contribution < 1.29 is 14.1 Å². The van der Waals surface area contributed by atoms with Gasteiger partial charge in [-0.15, -0.1) is 0 Å². The van der Waals surface area contributed by atoms with Crippen LogP contribution in [-0.4, -0.2) is 41.1 Å². The van der Waals surface area contributed by atoms with Gasteiger partial charge in [0, 0.05) is 19.0 Å². The van der Waals surface area contributed by atoms with Crippen LogP contribution in [0.4, 0.5) is 0 Å². The Morgan fingerprint density at radius 1 is 1.25 bits per heavy atom. The molecule has 2 unspecified atom stereocenters. The number of hydrogen-bond donors (Lipinski definition) is 0. The zero-order valence-electron chi connectivity index (χ0n) is 14.1. The molecule has 1 aliphatic heterocycles. The second kappa shape index (κ2) is 7.47. The molecule has 0 aliphatic carbocycles. The molecule has 3 rings (SSSR count). The minimum atomic E-state index is 0.0292. The average molecular weight is 329 g/mol. The van der Waals surface area contributed by atoms with Gasteiger partial charge < -0.3 is 14.2 Å². The Balaban J connectivity index is 1.78. The number of carbonyl (C=O) groups excluding carboxylic acids is 1. The topological polar surface area (TPSA) is 68.5 Å². The summed E-state index contributed by atoms with van der Waals surface area (Å²) in [6.45, 7) is 5.83. The van der Waals surface area contributed by atoms with Gasteiger partial charge in [0.25, 0.3) is 0 Å². The first-order valence-corrected chi connectivity index (χ1v) is 8.48. The summed E-state index contributed by atoms with van der Waals surface area (Å²) in [4.78, 5) is 17.5. The van der Waals surface area contributed by atoms with Crippen LogP contribution < -0.4 is 4.74 Å². The van der Waals surface area contributed by atoms with Crippen LogP contribution in [0.5, 0.6) is 6.01 Å². The number of likely N-dealkylation sites (tertiary alicyclic amines) is 1. The number of aryl methyl sites for hydroxylation is 1. The highest BCUT2D eigenvalue weighted by atomic mass is 16.5. The first kappa shape index (κ1) is 16.5. The average Bonchev–Trinajstić information content (AvgIpc) is 3.10. The Morgan fingerprint density at radius 3 is 2.67 bits per heavy atom. The SMILES string of the molecule is CCOc1noc(C2CC(c3ccc(CC)cc3)CN(C=O)C2)n1. The van der Waals surface area contributed by atoms with Gasteiger partial charge in [-0.3, -0.25) is 4.79 Å². The molecule has 2 atom stereocenters. The molecule has 128 valence electrons. The lowest BCUT2D eigenvalue weighted by atomic mass is 9.84. The number of aromatic nitrogens is 2. The van der Waals surface area contributed by atoms with Gasteiger partial charge in [0.2, 0.25) is 12.3 Å². The smallest absolute Gasteiger partial charge is 0.354 e.